The van der Waals surface area contributed by atoms with Crippen molar-refractivity contribution in [2.45, 2.75) is 26.8 Å². The molecule has 22 heavy (non-hydrogen) atoms. The van der Waals surface area contributed by atoms with Gasteiger partial charge in [-0.05, 0) is 24.5 Å². The van der Waals surface area contributed by atoms with E-state index < -0.39 is 0 Å². The Balaban J connectivity index is 0.00000242. The number of aromatic nitrogens is 2. The molecule has 1 heterocycles. The smallest absolute Gasteiger partial charge is 0.191 e. The largest absolute Gasteiger partial charge is 0.356 e. The van der Waals surface area contributed by atoms with Crippen LogP contribution in [0.25, 0.3) is 11.0 Å². The molecule has 2 rings (SSSR count). The number of nitrogens with zero attached hydrogens (tertiary/aromatic N) is 3. The maximum Gasteiger partial charge on any atom is 0.191 e. The van der Waals surface area contributed by atoms with E-state index in [9.17, 15) is 0 Å². The first kappa shape index (κ1) is 18.7. The monoisotopic (exact) mass is 415 g/mol. The number of rotatable bonds is 5. The van der Waals surface area contributed by atoms with E-state index >= 15 is 0 Å². The fourth-order valence-electron chi connectivity index (χ4n) is 2.22. The lowest BCUT2D eigenvalue weighted by molar-refractivity contribution is 0.573. The van der Waals surface area contributed by atoms with Gasteiger partial charge < -0.3 is 15.2 Å². The van der Waals surface area contributed by atoms with Crippen LogP contribution in [0.2, 0.25) is 0 Å². The number of hydrogen-bond donors (Lipinski definition) is 2. The molecular weight excluding hydrogens is 389 g/mol. The molecule has 0 aliphatic heterocycles. The van der Waals surface area contributed by atoms with Crippen molar-refractivity contribution in [3.63, 3.8) is 0 Å². The van der Waals surface area contributed by atoms with Gasteiger partial charge in [-0.1, -0.05) is 26.0 Å². The molecule has 0 atom stereocenters. The predicted molar refractivity (Wildman–Crippen MR) is 104 cm³/mol. The van der Waals surface area contributed by atoms with E-state index in [1.165, 1.54) is 0 Å². The fourth-order valence-corrected chi connectivity index (χ4v) is 2.22. The van der Waals surface area contributed by atoms with Gasteiger partial charge in [0.05, 0.1) is 17.6 Å². The minimum atomic E-state index is 0. The Morgan fingerprint density at radius 2 is 2.00 bits per heavy atom. The third-order valence-corrected chi connectivity index (χ3v) is 3.53. The molecule has 1 aromatic heterocycles. The molecule has 0 fully saturated rings. The number of imidazole rings is 1. The van der Waals surface area contributed by atoms with Gasteiger partial charge in [-0.2, -0.15) is 0 Å². The molecule has 122 valence electrons. The summed E-state index contributed by atoms with van der Waals surface area (Å²) in [5.41, 5.74) is 2.18. The second-order valence-electron chi connectivity index (χ2n) is 5.61. The first-order valence-corrected chi connectivity index (χ1v) is 7.46. The minimum absolute atomic E-state index is 0. The van der Waals surface area contributed by atoms with E-state index in [2.05, 4.69) is 45.1 Å². The standard InChI is InChI=1S/C16H25N5.HI/c1-12(2)9-10-18-16(17-3)19-11-15-20-13-7-5-6-8-14(13)21(15)4;/h5-8,12H,9-11H2,1-4H3,(H2,17,18,19);1H. The molecule has 0 aliphatic rings. The van der Waals surface area contributed by atoms with E-state index in [4.69, 9.17) is 0 Å². The van der Waals surface area contributed by atoms with Gasteiger partial charge in [0.15, 0.2) is 5.96 Å². The van der Waals surface area contributed by atoms with Crippen LogP contribution in [0.15, 0.2) is 29.3 Å². The van der Waals surface area contributed by atoms with Gasteiger partial charge >= 0.3 is 0 Å². The Kier molecular flexibility index (Phi) is 7.64. The highest BCUT2D eigenvalue weighted by Gasteiger charge is 2.07. The summed E-state index contributed by atoms with van der Waals surface area (Å²) in [5, 5.41) is 6.64. The SMILES string of the molecule is CN=C(NCCC(C)C)NCc1nc2ccccc2n1C.I. The van der Waals surface area contributed by atoms with Gasteiger partial charge in [0, 0.05) is 20.6 Å². The zero-order chi connectivity index (χ0) is 15.2. The molecule has 0 aliphatic carbocycles. The Morgan fingerprint density at radius 3 is 2.64 bits per heavy atom. The molecule has 0 saturated heterocycles. The molecule has 2 aromatic rings. The van der Waals surface area contributed by atoms with E-state index in [0.717, 1.165) is 35.8 Å². The molecule has 0 bridgehead atoms. The lowest BCUT2D eigenvalue weighted by Crippen LogP contribution is -2.38. The second kappa shape index (κ2) is 8.97. The molecule has 6 heteroatoms. The van der Waals surface area contributed by atoms with Gasteiger partial charge in [-0.3, -0.25) is 4.99 Å². The maximum atomic E-state index is 4.64. The lowest BCUT2D eigenvalue weighted by atomic mass is 10.1. The molecule has 2 N–H and O–H groups in total. The number of aryl methyl sites for hydroxylation is 1. The van der Waals surface area contributed by atoms with Crippen molar-refractivity contribution in [2.75, 3.05) is 13.6 Å². The number of aliphatic imine (C=N–C) groups is 1. The van der Waals surface area contributed by atoms with Crippen LogP contribution < -0.4 is 10.6 Å². The second-order valence-corrected chi connectivity index (χ2v) is 5.61. The van der Waals surface area contributed by atoms with Gasteiger partial charge in [0.1, 0.15) is 5.82 Å². The average Bonchev–Trinajstić information content (AvgIpc) is 2.79. The topological polar surface area (TPSA) is 54.2 Å². The molecule has 0 saturated carbocycles. The van der Waals surface area contributed by atoms with Crippen molar-refractivity contribution in [1.82, 2.24) is 20.2 Å². The van der Waals surface area contributed by atoms with Gasteiger partial charge in [0.25, 0.3) is 0 Å². The molecule has 5 nitrogen and oxygen atoms in total. The molecule has 0 amide bonds. The lowest BCUT2D eigenvalue weighted by Gasteiger charge is -2.12. The van der Waals surface area contributed by atoms with Crippen LogP contribution in [0.5, 0.6) is 0 Å². The Bertz CT molecular complexity index is 618. The quantitative estimate of drug-likeness (QED) is 0.449. The van der Waals surface area contributed by atoms with Crippen LogP contribution in [0.1, 0.15) is 26.1 Å². The van der Waals surface area contributed by atoms with Crippen molar-refractivity contribution < 1.29 is 0 Å². The fraction of sp³-hybridized carbons (Fsp3) is 0.500. The highest BCUT2D eigenvalue weighted by Crippen LogP contribution is 2.13. The first-order chi connectivity index (χ1) is 10.1. The number of fused-ring (bicyclic) bond motifs is 1. The summed E-state index contributed by atoms with van der Waals surface area (Å²) in [4.78, 5) is 8.89. The van der Waals surface area contributed by atoms with E-state index in [-0.39, 0.29) is 24.0 Å². The van der Waals surface area contributed by atoms with Crippen LogP contribution in [0, 0.1) is 5.92 Å². The summed E-state index contributed by atoms with van der Waals surface area (Å²) in [7, 11) is 3.83. The van der Waals surface area contributed by atoms with Crippen molar-refractivity contribution in [3.8, 4) is 0 Å². The Hall–Kier alpha value is -1.31. The summed E-state index contributed by atoms with van der Waals surface area (Å²) in [5.74, 6) is 2.51. The zero-order valence-corrected chi connectivity index (χ0v) is 16.1. The number of para-hydroxylation sites is 2. The number of benzene rings is 1. The van der Waals surface area contributed by atoms with Crippen molar-refractivity contribution in [2.24, 2.45) is 18.0 Å². The highest BCUT2D eigenvalue weighted by molar-refractivity contribution is 14.0. The molecular formula is C16H26IN5. The van der Waals surface area contributed by atoms with E-state index in [1.54, 1.807) is 7.05 Å². The normalized spacial score (nSPS) is 11.6. The summed E-state index contributed by atoms with van der Waals surface area (Å²) >= 11 is 0. The summed E-state index contributed by atoms with van der Waals surface area (Å²) in [6.45, 7) is 6.03. The van der Waals surface area contributed by atoms with Crippen LogP contribution in [-0.4, -0.2) is 29.1 Å². The van der Waals surface area contributed by atoms with Crippen molar-refractivity contribution in [3.05, 3.63) is 30.1 Å². The van der Waals surface area contributed by atoms with E-state index in [0.29, 0.717) is 12.5 Å². The Morgan fingerprint density at radius 1 is 1.27 bits per heavy atom. The zero-order valence-electron chi connectivity index (χ0n) is 13.8. The van der Waals surface area contributed by atoms with Crippen LogP contribution in [-0.2, 0) is 13.6 Å². The average molecular weight is 415 g/mol. The number of halogens is 1. The third-order valence-electron chi connectivity index (χ3n) is 3.53. The first-order valence-electron chi connectivity index (χ1n) is 7.46. The van der Waals surface area contributed by atoms with E-state index in [1.807, 2.05) is 25.2 Å². The molecule has 0 radical (unpaired) electrons. The summed E-state index contributed by atoms with van der Waals surface area (Å²) in [6, 6.07) is 8.17. The van der Waals surface area contributed by atoms with Gasteiger partial charge in [-0.15, -0.1) is 24.0 Å². The molecule has 0 unspecified atom stereocenters. The minimum Gasteiger partial charge on any atom is -0.356 e. The number of guanidine groups is 1. The van der Waals surface area contributed by atoms with Gasteiger partial charge in [-0.25, -0.2) is 4.98 Å². The molecule has 1 aromatic carbocycles. The van der Waals surface area contributed by atoms with Crippen molar-refractivity contribution in [1.29, 1.82) is 0 Å². The number of hydrogen-bond acceptors (Lipinski definition) is 2. The summed E-state index contributed by atoms with van der Waals surface area (Å²) < 4.78 is 2.11. The van der Waals surface area contributed by atoms with Crippen LogP contribution in [0.3, 0.4) is 0 Å². The van der Waals surface area contributed by atoms with Crippen LogP contribution >= 0.6 is 24.0 Å². The van der Waals surface area contributed by atoms with Crippen LogP contribution in [0.4, 0.5) is 0 Å². The van der Waals surface area contributed by atoms with Crippen molar-refractivity contribution >= 4 is 41.0 Å². The predicted octanol–water partition coefficient (Wildman–Crippen LogP) is 2.90. The van der Waals surface area contributed by atoms with Gasteiger partial charge in [0.2, 0.25) is 0 Å². The third kappa shape index (κ3) is 4.86. The highest BCUT2D eigenvalue weighted by atomic mass is 127. The Labute approximate surface area is 149 Å². The summed E-state index contributed by atoms with van der Waals surface area (Å²) in [6.07, 6.45) is 1.13. The number of nitrogens with one attached hydrogen (secondary N) is 2. The molecule has 0 spiro atoms. The maximum absolute atomic E-state index is 4.64.